The van der Waals surface area contributed by atoms with Gasteiger partial charge in [-0.3, -0.25) is 28.8 Å². The molecule has 2 aromatic carbocycles. The Labute approximate surface area is 436 Å². The van der Waals surface area contributed by atoms with E-state index >= 15 is 0 Å². The normalized spacial score (nSPS) is 12.0. The molecule has 28 heteroatoms. The van der Waals surface area contributed by atoms with Crippen molar-refractivity contribution in [3.63, 3.8) is 0 Å². The van der Waals surface area contributed by atoms with Crippen molar-refractivity contribution in [2.45, 2.75) is 37.5 Å². The van der Waals surface area contributed by atoms with Gasteiger partial charge in [0.2, 0.25) is 5.91 Å². The smallest absolute Gasteiger partial charge is 0.255 e. The molecule has 348 valence electrons. The molecule has 6 amide bonds. The third-order valence-electron chi connectivity index (χ3n) is 7.74. The molecule has 0 aromatic heterocycles. The van der Waals surface area contributed by atoms with Crippen molar-refractivity contribution in [1.29, 1.82) is 0 Å². The lowest BCUT2D eigenvalue weighted by Crippen LogP contribution is -2.42. The number of amides is 6. The molecule has 2 rings (SSSR count). The zero-order chi connectivity index (χ0) is 47.8. The Morgan fingerprint density at radius 3 is 1.40 bits per heavy atom. The summed E-state index contributed by atoms with van der Waals surface area (Å²) in [5.41, 5.74) is 0.508. The van der Waals surface area contributed by atoms with E-state index < -0.39 is 106 Å². The first-order chi connectivity index (χ1) is 29.0. The van der Waals surface area contributed by atoms with Crippen LogP contribution in [0.1, 0.15) is 48.4 Å². The number of benzene rings is 2. The Bertz CT molecular complexity index is 1880. The lowest BCUT2D eigenvalue weighted by Gasteiger charge is -2.24. The Hall–Kier alpha value is -0.760. The summed E-state index contributed by atoms with van der Waals surface area (Å²) in [4.78, 5) is 77.1. The van der Waals surface area contributed by atoms with Gasteiger partial charge in [0.15, 0.2) is 6.29 Å². The monoisotopic (exact) mass is 1550 g/mol. The van der Waals surface area contributed by atoms with Crippen molar-refractivity contribution in [1.82, 2.24) is 20.9 Å². The van der Waals surface area contributed by atoms with Crippen LogP contribution >= 0.6 is 136 Å². The second kappa shape index (κ2) is 29.1. The van der Waals surface area contributed by atoms with Crippen molar-refractivity contribution in [2.75, 3.05) is 77.5 Å². The van der Waals surface area contributed by atoms with Crippen LogP contribution in [0.15, 0.2) is 0 Å². The van der Waals surface area contributed by atoms with Gasteiger partial charge >= 0.3 is 0 Å². The van der Waals surface area contributed by atoms with Crippen LogP contribution in [0, 0.1) is 21.4 Å². The van der Waals surface area contributed by atoms with Crippen LogP contribution in [0.3, 0.4) is 0 Å². The highest BCUT2D eigenvalue weighted by Crippen LogP contribution is 2.37. The highest BCUT2D eigenvalue weighted by molar-refractivity contribution is 14.1. The third kappa shape index (κ3) is 16.8. The minimum atomic E-state index is -1.77. The molecule has 0 fully saturated rings. The lowest BCUT2D eigenvalue weighted by atomic mass is 10.1. The fraction of sp³-hybridized carbons (Fsp3) is 0.471. The van der Waals surface area contributed by atoms with Gasteiger partial charge in [0.25, 0.3) is 29.5 Å². The number of ether oxygens (including phenoxy) is 1. The molecule has 14 N–H and O–H groups in total. The first-order valence-corrected chi connectivity index (χ1v) is 23.9. The molecule has 0 saturated heterocycles. The SMILES string of the molecule is COCC(=O)Nc1c(I)c(C(=O)NCC(O)O)c(I)c(C(=O)N(C)CC(O)CO)c1I.C[C@H](O)C(=O)Nc1c(I)c(C(=O)NC(CO)CO)c(I)c(C(=O)NC(CO)CO)c1I. The van der Waals surface area contributed by atoms with Crippen LogP contribution < -0.4 is 26.6 Å². The molecule has 0 bridgehead atoms. The molecule has 0 aliphatic carbocycles. The maximum atomic E-state index is 13.1. The van der Waals surface area contributed by atoms with Crippen LogP contribution in [0.4, 0.5) is 11.4 Å². The number of carbonyl (C=O) groups is 6. The predicted molar refractivity (Wildman–Crippen MR) is 271 cm³/mol. The predicted octanol–water partition coefficient (Wildman–Crippen LogP) is -1.46. The number of hydrogen-bond acceptors (Lipinski definition) is 16. The van der Waals surface area contributed by atoms with Gasteiger partial charge in [-0.25, -0.2) is 0 Å². The zero-order valence-electron chi connectivity index (χ0n) is 32.6. The summed E-state index contributed by atoms with van der Waals surface area (Å²) in [5, 5.41) is 95.8. The first-order valence-electron chi connectivity index (χ1n) is 17.4. The molecule has 0 spiro atoms. The van der Waals surface area contributed by atoms with E-state index in [-0.39, 0.29) is 61.1 Å². The lowest BCUT2D eigenvalue weighted by molar-refractivity contribution is -0.123. The van der Waals surface area contributed by atoms with Gasteiger partial charge in [-0.1, -0.05) is 0 Å². The molecule has 2 aromatic rings. The number of halogens is 6. The van der Waals surface area contributed by atoms with E-state index in [1.807, 2.05) is 113 Å². The molecule has 0 aliphatic rings. The van der Waals surface area contributed by atoms with Gasteiger partial charge in [-0.05, 0) is 142 Å². The third-order valence-corrected chi connectivity index (χ3v) is 14.2. The average Bonchev–Trinajstić information content (AvgIpc) is 3.21. The van der Waals surface area contributed by atoms with Crippen LogP contribution in [0.25, 0.3) is 0 Å². The van der Waals surface area contributed by atoms with Crippen LogP contribution in [0.5, 0.6) is 0 Å². The van der Waals surface area contributed by atoms with Gasteiger partial charge in [0.05, 0.1) is 106 Å². The number of aliphatic hydroxyl groups is 9. The van der Waals surface area contributed by atoms with Gasteiger partial charge < -0.3 is 82.2 Å². The van der Waals surface area contributed by atoms with Crippen LogP contribution in [-0.2, 0) is 14.3 Å². The Kier molecular flexibility index (Phi) is 27.8. The largest absolute Gasteiger partial charge is 0.394 e. The molecule has 0 radical (unpaired) electrons. The van der Waals surface area contributed by atoms with Crippen molar-refractivity contribution in [2.24, 2.45) is 0 Å². The van der Waals surface area contributed by atoms with Crippen molar-refractivity contribution >= 4 is 182 Å². The topological polar surface area (TPSA) is 357 Å². The van der Waals surface area contributed by atoms with Gasteiger partial charge in [0, 0.05) is 27.8 Å². The average molecular weight is 1550 g/mol. The quantitative estimate of drug-likeness (QED) is 0.0532. The Morgan fingerprint density at radius 2 is 1.02 bits per heavy atom. The molecule has 0 saturated carbocycles. The van der Waals surface area contributed by atoms with Gasteiger partial charge in [-0.2, -0.15) is 0 Å². The Morgan fingerprint density at radius 1 is 0.613 bits per heavy atom. The highest BCUT2D eigenvalue weighted by atomic mass is 127. The van der Waals surface area contributed by atoms with E-state index in [1.54, 1.807) is 22.6 Å². The number of rotatable bonds is 20. The van der Waals surface area contributed by atoms with Gasteiger partial charge in [0.1, 0.15) is 12.7 Å². The molecular weight excluding hydrogens is 1510 g/mol. The maximum absolute atomic E-state index is 13.1. The van der Waals surface area contributed by atoms with Crippen LogP contribution in [0.2, 0.25) is 0 Å². The summed E-state index contributed by atoms with van der Waals surface area (Å²) in [6, 6.07) is -1.89. The second-order valence-corrected chi connectivity index (χ2v) is 19.0. The number of nitrogens with zero attached hydrogens (tertiary/aromatic N) is 1. The number of carbonyl (C=O) groups excluding carboxylic acids is 6. The highest BCUT2D eigenvalue weighted by Gasteiger charge is 2.32. The second-order valence-electron chi connectivity index (χ2n) is 12.6. The molecule has 2 atom stereocenters. The molecule has 1 unspecified atom stereocenters. The van der Waals surface area contributed by atoms with E-state index in [9.17, 15) is 59.4 Å². The maximum Gasteiger partial charge on any atom is 0.255 e. The summed E-state index contributed by atoms with van der Waals surface area (Å²) >= 11 is 11.0. The van der Waals surface area contributed by atoms with E-state index in [0.717, 1.165) is 0 Å². The summed E-state index contributed by atoms with van der Waals surface area (Å²) in [5.74, 6) is -3.90. The fourth-order valence-electron chi connectivity index (χ4n) is 4.60. The fourth-order valence-corrected chi connectivity index (χ4v) is 13.4. The molecular formula is C34H44I6N6O16. The summed E-state index contributed by atoms with van der Waals surface area (Å²) in [6.07, 6.45) is -4.28. The molecule has 0 heterocycles. The minimum Gasteiger partial charge on any atom is -0.394 e. The summed E-state index contributed by atoms with van der Waals surface area (Å²) in [7, 11) is 2.77. The number of anilines is 2. The van der Waals surface area contributed by atoms with Gasteiger partial charge in [-0.15, -0.1) is 0 Å². The number of methoxy groups -OCH3 is 1. The molecule has 0 aliphatic heterocycles. The van der Waals surface area contributed by atoms with Crippen LogP contribution in [-0.4, -0.2) is 184 Å². The van der Waals surface area contributed by atoms with Crippen molar-refractivity contribution < 1.29 is 79.5 Å². The van der Waals surface area contributed by atoms with E-state index in [2.05, 4.69) is 26.6 Å². The number of aliphatic hydroxyl groups excluding tert-OH is 8. The molecule has 62 heavy (non-hydrogen) atoms. The van der Waals surface area contributed by atoms with E-state index in [4.69, 9.17) is 20.1 Å². The number of hydrogen-bond donors (Lipinski definition) is 14. The summed E-state index contributed by atoms with van der Waals surface area (Å²) < 4.78 is 6.54. The minimum absolute atomic E-state index is 0.00380. The molecule has 22 nitrogen and oxygen atoms in total. The van der Waals surface area contributed by atoms with Crippen molar-refractivity contribution in [3.8, 4) is 0 Å². The zero-order valence-corrected chi connectivity index (χ0v) is 45.6. The number of nitrogens with one attached hydrogen (secondary N) is 5. The van der Waals surface area contributed by atoms with E-state index in [1.165, 1.54) is 26.0 Å². The Balaban J connectivity index is 0.000000620. The van der Waals surface area contributed by atoms with Crippen molar-refractivity contribution in [3.05, 3.63) is 43.7 Å². The standard InChI is InChI=1S/2C17H22I3N3O8/c1-23(4-7(25)5-24)17(30)11-12(18)10(16(29)21-3-9(27)28)13(19)15(14(11)20)22-8(26)6-31-2;1-6(28)15(29)23-14-12(19)9(16(30)21-7(2-24)3-25)11(18)10(13(14)20)17(31)22-8(4-26)5-27/h7,9,24-25,27-28H,3-6H2,1-2H3,(H,21,29)(H,22,26);6-8,24-28H,2-5H2,1H3,(H,21,30)(H,22,31)(H,23,29)/t;6-/m.0/s1. The van der Waals surface area contributed by atoms with E-state index in [0.29, 0.717) is 7.14 Å². The number of likely N-dealkylation sites (N-methyl/N-ethyl adjacent to an activating group) is 1. The summed E-state index contributed by atoms with van der Waals surface area (Å²) in [6.45, 7) is -2.20. The first kappa shape index (κ1) is 59.3.